The highest BCUT2D eigenvalue weighted by molar-refractivity contribution is 8.00. The zero-order chi connectivity index (χ0) is 16.4. The average molecular weight is 333 g/mol. The minimum Gasteiger partial charge on any atom is -0.494 e. The lowest BCUT2D eigenvalue weighted by molar-refractivity contribution is -0.120. The number of carbonyl (C=O) groups excluding carboxylic acids is 1. The Kier molecular flexibility index (Phi) is 4.51. The number of benzene rings is 1. The number of tetrazole rings is 1. The highest BCUT2D eigenvalue weighted by Gasteiger charge is 2.27. The Hall–Kier alpha value is -2.09. The number of rotatable bonds is 6. The third-order valence-electron chi connectivity index (χ3n) is 3.58. The summed E-state index contributed by atoms with van der Waals surface area (Å²) >= 11 is 1.33. The van der Waals surface area contributed by atoms with Crippen molar-refractivity contribution in [3.63, 3.8) is 0 Å². The molecule has 1 fully saturated rings. The lowest BCUT2D eigenvalue weighted by Gasteiger charge is -2.13. The number of aryl methyl sites for hydroxylation is 1. The summed E-state index contributed by atoms with van der Waals surface area (Å²) in [6.45, 7) is 3.85. The summed E-state index contributed by atoms with van der Waals surface area (Å²) < 4.78 is 7.00. The number of amides is 1. The van der Waals surface area contributed by atoms with Gasteiger partial charge in [0, 0.05) is 6.04 Å². The number of ether oxygens (including phenoxy) is 1. The first-order chi connectivity index (χ1) is 11.1. The molecule has 0 radical (unpaired) electrons. The summed E-state index contributed by atoms with van der Waals surface area (Å²) in [4.78, 5) is 12.1. The third kappa shape index (κ3) is 3.64. The van der Waals surface area contributed by atoms with Gasteiger partial charge < -0.3 is 10.1 Å². The molecule has 0 spiro atoms. The van der Waals surface area contributed by atoms with Crippen LogP contribution in [0.25, 0.3) is 5.69 Å². The van der Waals surface area contributed by atoms with Gasteiger partial charge >= 0.3 is 0 Å². The predicted octanol–water partition coefficient (Wildman–Crippen LogP) is 1.74. The van der Waals surface area contributed by atoms with Crippen LogP contribution in [-0.2, 0) is 4.79 Å². The van der Waals surface area contributed by atoms with E-state index in [4.69, 9.17) is 4.74 Å². The van der Waals surface area contributed by atoms with E-state index in [0.29, 0.717) is 16.9 Å². The first-order valence-electron chi connectivity index (χ1n) is 7.49. The number of nitrogens with zero attached hydrogens (tertiary/aromatic N) is 4. The average Bonchev–Trinajstić information content (AvgIpc) is 3.23. The van der Waals surface area contributed by atoms with E-state index in [2.05, 4.69) is 20.8 Å². The van der Waals surface area contributed by atoms with Gasteiger partial charge in [-0.15, -0.1) is 5.10 Å². The fraction of sp³-hybridized carbons (Fsp3) is 0.467. The van der Waals surface area contributed by atoms with Gasteiger partial charge in [0.1, 0.15) is 11.4 Å². The number of nitrogens with one attached hydrogen (secondary N) is 1. The molecule has 1 N–H and O–H groups in total. The second-order valence-electron chi connectivity index (χ2n) is 5.59. The molecule has 122 valence electrons. The molecule has 1 atom stereocenters. The Bertz CT molecular complexity index is 714. The maximum absolute atomic E-state index is 12.1. The molecule has 1 saturated carbocycles. The van der Waals surface area contributed by atoms with Crippen molar-refractivity contribution in [3.8, 4) is 11.4 Å². The normalized spacial score (nSPS) is 15.3. The summed E-state index contributed by atoms with van der Waals surface area (Å²) in [5, 5.41) is 15.1. The number of hydrogen-bond acceptors (Lipinski definition) is 6. The maximum atomic E-state index is 12.1. The SMILES string of the molecule is COc1ccc(C)cc1-n1nnnc1S[C@H](C)C(=O)NC1CC1. The van der Waals surface area contributed by atoms with Crippen LogP contribution in [0.3, 0.4) is 0 Å². The molecule has 0 aliphatic heterocycles. The Morgan fingerprint density at radius 2 is 2.26 bits per heavy atom. The molecule has 1 aromatic heterocycles. The lowest BCUT2D eigenvalue weighted by Crippen LogP contribution is -2.32. The van der Waals surface area contributed by atoms with Crippen molar-refractivity contribution in [2.75, 3.05) is 7.11 Å². The number of thioether (sulfide) groups is 1. The number of carbonyl (C=O) groups is 1. The van der Waals surface area contributed by atoms with Crippen LogP contribution in [0.5, 0.6) is 5.75 Å². The van der Waals surface area contributed by atoms with E-state index < -0.39 is 0 Å². The van der Waals surface area contributed by atoms with Crippen LogP contribution in [-0.4, -0.2) is 44.5 Å². The Balaban J connectivity index is 1.82. The van der Waals surface area contributed by atoms with Crippen molar-refractivity contribution in [3.05, 3.63) is 23.8 Å². The van der Waals surface area contributed by atoms with Gasteiger partial charge in [-0.25, -0.2) is 0 Å². The zero-order valence-electron chi connectivity index (χ0n) is 13.3. The summed E-state index contributed by atoms with van der Waals surface area (Å²) in [6, 6.07) is 6.14. The van der Waals surface area contributed by atoms with Gasteiger partial charge in [-0.05, 0) is 54.8 Å². The van der Waals surface area contributed by atoms with E-state index in [-0.39, 0.29) is 11.2 Å². The summed E-state index contributed by atoms with van der Waals surface area (Å²) in [5.74, 6) is 0.697. The van der Waals surface area contributed by atoms with Gasteiger partial charge in [0.2, 0.25) is 11.1 Å². The molecule has 1 aliphatic carbocycles. The van der Waals surface area contributed by atoms with Crippen molar-refractivity contribution in [2.24, 2.45) is 0 Å². The molecule has 2 aromatic rings. The minimum absolute atomic E-state index is 0.0169. The maximum Gasteiger partial charge on any atom is 0.233 e. The highest BCUT2D eigenvalue weighted by Crippen LogP contribution is 2.29. The van der Waals surface area contributed by atoms with E-state index in [1.807, 2.05) is 32.0 Å². The Labute approximate surface area is 138 Å². The van der Waals surface area contributed by atoms with Gasteiger partial charge in [0.05, 0.1) is 12.4 Å². The van der Waals surface area contributed by atoms with Crippen LogP contribution in [0.15, 0.2) is 23.4 Å². The minimum atomic E-state index is -0.267. The number of aromatic nitrogens is 4. The summed E-state index contributed by atoms with van der Waals surface area (Å²) in [7, 11) is 1.61. The number of hydrogen-bond donors (Lipinski definition) is 1. The molecular weight excluding hydrogens is 314 g/mol. The molecule has 7 nitrogen and oxygen atoms in total. The van der Waals surface area contributed by atoms with Gasteiger partial charge in [0.25, 0.3) is 0 Å². The zero-order valence-corrected chi connectivity index (χ0v) is 14.1. The smallest absolute Gasteiger partial charge is 0.233 e. The highest BCUT2D eigenvalue weighted by atomic mass is 32.2. The second kappa shape index (κ2) is 6.57. The van der Waals surface area contributed by atoms with Crippen LogP contribution in [0.4, 0.5) is 0 Å². The van der Waals surface area contributed by atoms with Gasteiger partial charge in [-0.1, -0.05) is 17.8 Å². The van der Waals surface area contributed by atoms with E-state index in [1.165, 1.54) is 11.8 Å². The van der Waals surface area contributed by atoms with E-state index in [9.17, 15) is 4.79 Å². The van der Waals surface area contributed by atoms with Crippen LogP contribution in [0, 0.1) is 6.92 Å². The lowest BCUT2D eigenvalue weighted by atomic mass is 10.2. The largest absolute Gasteiger partial charge is 0.494 e. The molecule has 1 aromatic carbocycles. The molecule has 0 saturated heterocycles. The molecule has 1 aliphatic rings. The Morgan fingerprint density at radius 3 is 2.96 bits per heavy atom. The van der Waals surface area contributed by atoms with Crippen molar-refractivity contribution in [2.45, 2.75) is 43.1 Å². The van der Waals surface area contributed by atoms with Crippen LogP contribution >= 0.6 is 11.8 Å². The summed E-state index contributed by atoms with van der Waals surface area (Å²) in [5.41, 5.74) is 1.83. The quantitative estimate of drug-likeness (QED) is 0.811. The van der Waals surface area contributed by atoms with Gasteiger partial charge in [0.15, 0.2) is 0 Å². The molecule has 3 rings (SSSR count). The van der Waals surface area contributed by atoms with Gasteiger partial charge in [-0.3, -0.25) is 4.79 Å². The first-order valence-corrected chi connectivity index (χ1v) is 8.37. The molecule has 23 heavy (non-hydrogen) atoms. The van der Waals surface area contributed by atoms with Crippen molar-refractivity contribution < 1.29 is 9.53 Å². The third-order valence-corrected chi connectivity index (χ3v) is 4.61. The fourth-order valence-electron chi connectivity index (χ4n) is 2.13. The van der Waals surface area contributed by atoms with Crippen LogP contribution < -0.4 is 10.1 Å². The predicted molar refractivity (Wildman–Crippen MR) is 86.9 cm³/mol. The fourth-order valence-corrected chi connectivity index (χ4v) is 2.94. The van der Waals surface area contributed by atoms with Crippen molar-refractivity contribution >= 4 is 17.7 Å². The standard InChI is InChI=1S/C15H19N5O2S/c1-9-4-7-13(22-3)12(8-9)20-15(17-18-19-20)23-10(2)14(21)16-11-5-6-11/h4,7-8,10-11H,5-6H2,1-3H3,(H,16,21)/t10-/m1/s1. The van der Waals surface area contributed by atoms with Crippen molar-refractivity contribution in [1.82, 2.24) is 25.5 Å². The molecule has 0 bridgehead atoms. The molecule has 8 heteroatoms. The first kappa shape index (κ1) is 15.8. The van der Waals surface area contributed by atoms with E-state index in [0.717, 1.165) is 24.1 Å². The molecular formula is C15H19N5O2S. The van der Waals surface area contributed by atoms with E-state index in [1.54, 1.807) is 11.8 Å². The molecule has 1 heterocycles. The topological polar surface area (TPSA) is 81.9 Å². The monoisotopic (exact) mass is 333 g/mol. The van der Waals surface area contributed by atoms with Crippen molar-refractivity contribution in [1.29, 1.82) is 0 Å². The van der Waals surface area contributed by atoms with Crippen LogP contribution in [0.1, 0.15) is 25.3 Å². The molecule has 1 amide bonds. The Morgan fingerprint density at radius 1 is 1.48 bits per heavy atom. The van der Waals surface area contributed by atoms with Gasteiger partial charge in [-0.2, -0.15) is 4.68 Å². The van der Waals surface area contributed by atoms with E-state index >= 15 is 0 Å². The number of methoxy groups -OCH3 is 1. The second-order valence-corrected chi connectivity index (χ2v) is 6.90. The van der Waals surface area contributed by atoms with Crippen LogP contribution in [0.2, 0.25) is 0 Å². The molecule has 0 unspecified atom stereocenters. The summed E-state index contributed by atoms with van der Waals surface area (Å²) in [6.07, 6.45) is 2.14.